The van der Waals surface area contributed by atoms with Crippen molar-refractivity contribution in [2.75, 3.05) is 5.73 Å². The number of benzene rings is 1. The van der Waals surface area contributed by atoms with E-state index in [1.807, 2.05) is 26.2 Å². The zero-order valence-electron chi connectivity index (χ0n) is 10.6. The van der Waals surface area contributed by atoms with Crippen molar-refractivity contribution in [2.24, 2.45) is 0 Å². The molecule has 18 heavy (non-hydrogen) atoms. The quantitative estimate of drug-likeness (QED) is 0.867. The maximum atomic E-state index is 11.0. The summed E-state index contributed by atoms with van der Waals surface area (Å²) in [6, 6.07) is 4.17. The highest BCUT2D eigenvalue weighted by Gasteiger charge is 2.18. The average Bonchev–Trinajstić information content (AvgIpc) is 2.59. The van der Waals surface area contributed by atoms with E-state index >= 15 is 0 Å². The van der Waals surface area contributed by atoms with Crippen LogP contribution in [0.15, 0.2) is 17.5 Å². The number of nitrogen functional groups attached to an aromatic ring is 1. The van der Waals surface area contributed by atoms with Crippen LogP contribution in [0.3, 0.4) is 0 Å². The second kappa shape index (κ2) is 4.46. The molecule has 0 unspecified atom stereocenters. The molecule has 94 valence electrons. The Bertz CT molecular complexity index is 606. The molecule has 0 radical (unpaired) electrons. The lowest BCUT2D eigenvalue weighted by Crippen LogP contribution is -1.99. The number of hydrogen-bond acceptors (Lipinski definition) is 3. The van der Waals surface area contributed by atoms with Crippen LogP contribution in [0.1, 0.15) is 26.4 Å². The highest BCUT2D eigenvalue weighted by atomic mass is 32.1. The largest absolute Gasteiger partial charge is 0.477 e. The highest BCUT2D eigenvalue weighted by molar-refractivity contribution is 7.13. The molecule has 0 bridgehead atoms. The molecule has 0 atom stereocenters. The number of nitrogens with two attached hydrogens (primary N) is 1. The first-order valence-electron chi connectivity index (χ1n) is 5.60. The molecule has 0 aliphatic rings. The molecule has 3 N–H and O–H groups in total. The van der Waals surface area contributed by atoms with Crippen molar-refractivity contribution < 1.29 is 9.90 Å². The summed E-state index contributed by atoms with van der Waals surface area (Å²) < 4.78 is 0. The molecular weight excluding hydrogens is 246 g/mol. The summed E-state index contributed by atoms with van der Waals surface area (Å²) in [7, 11) is 0. The van der Waals surface area contributed by atoms with Crippen molar-refractivity contribution >= 4 is 23.0 Å². The SMILES string of the molecule is Cc1cc(C)c(-c2csc(C(=O)O)c2N)c(C)c1. The first-order chi connectivity index (χ1) is 8.41. The predicted octanol–water partition coefficient (Wildman–Crippen LogP) is 3.62. The Morgan fingerprint density at radius 2 is 1.78 bits per heavy atom. The van der Waals surface area contributed by atoms with Crippen molar-refractivity contribution in [3.05, 3.63) is 39.1 Å². The van der Waals surface area contributed by atoms with E-state index in [0.717, 1.165) is 22.3 Å². The number of thiophene rings is 1. The van der Waals surface area contributed by atoms with Crippen LogP contribution in [-0.4, -0.2) is 11.1 Å². The number of hydrogen-bond donors (Lipinski definition) is 2. The smallest absolute Gasteiger partial charge is 0.348 e. The van der Waals surface area contributed by atoms with Crippen LogP contribution >= 0.6 is 11.3 Å². The number of anilines is 1. The minimum absolute atomic E-state index is 0.212. The van der Waals surface area contributed by atoms with E-state index in [0.29, 0.717) is 5.69 Å². The second-order valence-corrected chi connectivity index (χ2v) is 5.35. The van der Waals surface area contributed by atoms with E-state index in [2.05, 4.69) is 12.1 Å². The van der Waals surface area contributed by atoms with Gasteiger partial charge in [-0.1, -0.05) is 17.7 Å². The minimum atomic E-state index is -0.967. The zero-order chi connectivity index (χ0) is 13.4. The fourth-order valence-corrected chi connectivity index (χ4v) is 3.15. The number of aromatic carboxylic acids is 1. The molecule has 0 fully saturated rings. The fourth-order valence-electron chi connectivity index (χ4n) is 2.33. The summed E-state index contributed by atoms with van der Waals surface area (Å²) in [6.45, 7) is 6.09. The van der Waals surface area contributed by atoms with Gasteiger partial charge < -0.3 is 10.8 Å². The summed E-state index contributed by atoms with van der Waals surface area (Å²) in [6.07, 6.45) is 0. The van der Waals surface area contributed by atoms with Gasteiger partial charge in [-0.15, -0.1) is 11.3 Å². The van der Waals surface area contributed by atoms with Gasteiger partial charge in [0.1, 0.15) is 4.88 Å². The van der Waals surface area contributed by atoms with Crippen LogP contribution in [0, 0.1) is 20.8 Å². The molecule has 2 rings (SSSR count). The van der Waals surface area contributed by atoms with Gasteiger partial charge in [-0.2, -0.15) is 0 Å². The Kier molecular flexibility index (Phi) is 3.13. The van der Waals surface area contributed by atoms with Gasteiger partial charge in [0.15, 0.2) is 0 Å². The lowest BCUT2D eigenvalue weighted by Gasteiger charge is -2.11. The van der Waals surface area contributed by atoms with Crippen LogP contribution in [0.4, 0.5) is 5.69 Å². The van der Waals surface area contributed by atoms with Gasteiger partial charge in [0.2, 0.25) is 0 Å². The average molecular weight is 261 g/mol. The summed E-state index contributed by atoms with van der Waals surface area (Å²) in [4.78, 5) is 11.2. The molecular formula is C14H15NO2S. The lowest BCUT2D eigenvalue weighted by molar-refractivity contribution is 0.0703. The highest BCUT2D eigenvalue weighted by Crippen LogP contribution is 2.37. The maximum Gasteiger partial charge on any atom is 0.348 e. The Morgan fingerprint density at radius 3 is 2.22 bits per heavy atom. The number of rotatable bonds is 2. The summed E-state index contributed by atoms with van der Waals surface area (Å²) in [5, 5.41) is 10.9. The third kappa shape index (κ3) is 1.99. The lowest BCUT2D eigenvalue weighted by atomic mass is 9.94. The van der Waals surface area contributed by atoms with Gasteiger partial charge in [-0.3, -0.25) is 0 Å². The van der Waals surface area contributed by atoms with Crippen LogP contribution < -0.4 is 5.73 Å². The molecule has 0 amide bonds. The zero-order valence-corrected chi connectivity index (χ0v) is 11.4. The van der Waals surface area contributed by atoms with Crippen molar-refractivity contribution in [3.8, 4) is 11.1 Å². The van der Waals surface area contributed by atoms with E-state index in [4.69, 9.17) is 10.8 Å². The van der Waals surface area contributed by atoms with E-state index < -0.39 is 5.97 Å². The molecule has 4 heteroatoms. The van der Waals surface area contributed by atoms with E-state index in [1.54, 1.807) is 0 Å². The van der Waals surface area contributed by atoms with Crippen molar-refractivity contribution in [3.63, 3.8) is 0 Å². The molecule has 1 aromatic carbocycles. The molecule has 0 aliphatic carbocycles. The fraction of sp³-hybridized carbons (Fsp3) is 0.214. The molecule has 3 nitrogen and oxygen atoms in total. The van der Waals surface area contributed by atoms with Gasteiger partial charge in [-0.25, -0.2) is 4.79 Å². The van der Waals surface area contributed by atoms with Crippen LogP contribution in [-0.2, 0) is 0 Å². The molecule has 0 saturated carbocycles. The molecule has 1 heterocycles. The van der Waals surface area contributed by atoms with Gasteiger partial charge in [0.05, 0.1) is 5.69 Å². The Labute approximate surface area is 110 Å². The summed E-state index contributed by atoms with van der Waals surface area (Å²) >= 11 is 1.18. The van der Waals surface area contributed by atoms with Crippen LogP contribution in [0.2, 0.25) is 0 Å². The topological polar surface area (TPSA) is 63.3 Å². The Hall–Kier alpha value is -1.81. The van der Waals surface area contributed by atoms with Gasteiger partial charge >= 0.3 is 5.97 Å². The second-order valence-electron chi connectivity index (χ2n) is 4.47. The summed E-state index contributed by atoms with van der Waals surface area (Å²) in [5.74, 6) is -0.967. The monoisotopic (exact) mass is 261 g/mol. The number of carboxylic acid groups (broad SMARTS) is 1. The maximum absolute atomic E-state index is 11.0. The number of carbonyl (C=O) groups is 1. The minimum Gasteiger partial charge on any atom is -0.477 e. The first kappa shape index (κ1) is 12.6. The number of aryl methyl sites for hydroxylation is 3. The van der Waals surface area contributed by atoms with Crippen LogP contribution in [0.5, 0.6) is 0 Å². The molecule has 0 saturated heterocycles. The number of carboxylic acids is 1. The van der Waals surface area contributed by atoms with Crippen molar-refractivity contribution in [1.82, 2.24) is 0 Å². The van der Waals surface area contributed by atoms with E-state index in [1.165, 1.54) is 16.9 Å². The normalized spacial score (nSPS) is 10.6. The first-order valence-corrected chi connectivity index (χ1v) is 6.48. The molecule has 1 aromatic heterocycles. The molecule has 2 aromatic rings. The third-order valence-electron chi connectivity index (χ3n) is 2.97. The Morgan fingerprint density at radius 1 is 1.22 bits per heavy atom. The standard InChI is InChI=1S/C14H15NO2S/c1-7-4-8(2)11(9(3)5-7)10-6-18-13(12(10)15)14(16)17/h4-6H,15H2,1-3H3,(H,16,17). The van der Waals surface area contributed by atoms with Gasteiger partial charge in [0, 0.05) is 10.9 Å². The Balaban J connectivity index is 2.67. The molecule has 0 spiro atoms. The van der Waals surface area contributed by atoms with Gasteiger partial charge in [-0.05, 0) is 37.5 Å². The van der Waals surface area contributed by atoms with Crippen molar-refractivity contribution in [2.45, 2.75) is 20.8 Å². The van der Waals surface area contributed by atoms with E-state index in [-0.39, 0.29) is 4.88 Å². The molecule has 0 aliphatic heterocycles. The predicted molar refractivity (Wildman–Crippen MR) is 75.3 cm³/mol. The third-order valence-corrected chi connectivity index (χ3v) is 3.95. The van der Waals surface area contributed by atoms with Crippen LogP contribution in [0.25, 0.3) is 11.1 Å². The van der Waals surface area contributed by atoms with Gasteiger partial charge in [0.25, 0.3) is 0 Å². The van der Waals surface area contributed by atoms with E-state index in [9.17, 15) is 4.79 Å². The van der Waals surface area contributed by atoms with Crippen molar-refractivity contribution in [1.29, 1.82) is 0 Å². The summed E-state index contributed by atoms with van der Waals surface area (Å²) in [5.41, 5.74) is 11.6.